The number of nitrogens with one attached hydrogen (secondary N) is 2. The van der Waals surface area contributed by atoms with Crippen molar-refractivity contribution in [3.63, 3.8) is 0 Å². The highest BCUT2D eigenvalue weighted by atomic mass is 32.2. The maximum atomic E-state index is 13.9. The van der Waals surface area contributed by atoms with Gasteiger partial charge in [0.1, 0.15) is 16.4 Å². The molecule has 10 heteroatoms. The Labute approximate surface area is 252 Å². The van der Waals surface area contributed by atoms with Crippen LogP contribution in [0, 0.1) is 13.8 Å². The van der Waals surface area contributed by atoms with Crippen molar-refractivity contribution >= 4 is 46.5 Å². The second-order valence-corrected chi connectivity index (χ2v) is 11.1. The summed E-state index contributed by atoms with van der Waals surface area (Å²) in [6.45, 7) is 3.97. The molecule has 2 aliphatic rings. The molecule has 0 saturated carbocycles. The fraction of sp³-hybridized carbons (Fsp3) is 0.121. The Kier molecular flexibility index (Phi) is 7.52. The zero-order chi connectivity index (χ0) is 30.1. The van der Waals surface area contributed by atoms with E-state index in [0.29, 0.717) is 44.8 Å². The molecule has 6 rings (SSSR count). The third-order valence-corrected chi connectivity index (χ3v) is 7.96. The first-order chi connectivity index (χ1) is 20.8. The molecule has 0 saturated heterocycles. The molecule has 0 atom stereocenters. The van der Waals surface area contributed by atoms with E-state index in [1.807, 2.05) is 50.2 Å². The number of fused-ring (bicyclic) bond motifs is 1. The lowest BCUT2D eigenvalue weighted by atomic mass is 10.2. The Morgan fingerprint density at radius 3 is 2.40 bits per heavy atom. The Balaban J connectivity index is 1.31. The van der Waals surface area contributed by atoms with E-state index in [9.17, 15) is 14.4 Å². The first-order valence-electron chi connectivity index (χ1n) is 13.4. The van der Waals surface area contributed by atoms with Gasteiger partial charge in [0.2, 0.25) is 6.79 Å². The van der Waals surface area contributed by atoms with Crippen LogP contribution in [0.3, 0.4) is 0 Å². The second-order valence-electron chi connectivity index (χ2n) is 9.97. The molecule has 4 aromatic rings. The van der Waals surface area contributed by atoms with Gasteiger partial charge in [-0.3, -0.25) is 14.4 Å². The summed E-state index contributed by atoms with van der Waals surface area (Å²) < 4.78 is 16.2. The number of amides is 3. The number of carbonyl (C=O) groups is 3. The van der Waals surface area contributed by atoms with Crippen LogP contribution in [0.5, 0.6) is 17.2 Å². The van der Waals surface area contributed by atoms with Gasteiger partial charge in [-0.1, -0.05) is 41.6 Å². The van der Waals surface area contributed by atoms with E-state index in [-0.39, 0.29) is 23.3 Å². The number of rotatable bonds is 8. The minimum absolute atomic E-state index is 0.117. The quantitative estimate of drug-likeness (QED) is 0.230. The molecule has 9 nitrogen and oxygen atoms in total. The van der Waals surface area contributed by atoms with Crippen LogP contribution < -0.4 is 29.7 Å². The summed E-state index contributed by atoms with van der Waals surface area (Å²) in [5, 5.41) is 6.06. The summed E-state index contributed by atoms with van der Waals surface area (Å²) in [6.07, 6.45) is 0. The van der Waals surface area contributed by atoms with Crippen LogP contribution in [-0.2, 0) is 9.59 Å². The summed E-state index contributed by atoms with van der Waals surface area (Å²) >= 11 is 1.14. The third kappa shape index (κ3) is 5.64. The predicted octanol–water partition coefficient (Wildman–Crippen LogP) is 6.28. The zero-order valence-corrected chi connectivity index (χ0v) is 24.4. The molecule has 2 N–H and O–H groups in total. The van der Waals surface area contributed by atoms with Gasteiger partial charge >= 0.3 is 0 Å². The molecule has 4 aromatic carbocycles. The minimum Gasteiger partial charge on any atom is -0.495 e. The maximum Gasteiger partial charge on any atom is 0.283 e. The van der Waals surface area contributed by atoms with Gasteiger partial charge in [-0.15, -0.1) is 0 Å². The van der Waals surface area contributed by atoms with Crippen LogP contribution in [0.4, 0.5) is 17.1 Å². The molecule has 0 radical (unpaired) electrons. The van der Waals surface area contributed by atoms with Gasteiger partial charge in [0, 0.05) is 21.8 Å². The monoisotopic (exact) mass is 593 g/mol. The molecular weight excluding hydrogens is 566 g/mol. The molecule has 2 heterocycles. The molecule has 3 amide bonds. The molecule has 216 valence electrons. The SMILES string of the molecule is COc1ccc(C)cc1N1C(=O)C(Nc2ccc(C)cc2)=C(Sc2cccc(NC(=O)c3ccc4c(c3)OCO4)c2)C1=O. The first kappa shape index (κ1) is 27.9. The standard InChI is InChI=1S/C33H27N3O6S/c1-19-7-11-22(12-8-19)34-29-30(33(39)36(32(29)38)25-15-20(2)9-13-26(25)40-3)43-24-6-4-5-23(17-24)35-31(37)21-10-14-27-28(16-21)42-18-41-27/h4-17,34H,18H2,1-3H3,(H,35,37). The number of aryl methyl sites for hydroxylation is 2. The van der Waals surface area contributed by atoms with Crippen molar-refractivity contribution in [2.24, 2.45) is 0 Å². The second kappa shape index (κ2) is 11.6. The lowest BCUT2D eigenvalue weighted by Crippen LogP contribution is -2.32. The van der Waals surface area contributed by atoms with Crippen molar-refractivity contribution in [3.05, 3.63) is 112 Å². The van der Waals surface area contributed by atoms with E-state index in [1.54, 1.807) is 48.5 Å². The Bertz CT molecular complexity index is 1800. The summed E-state index contributed by atoms with van der Waals surface area (Å²) in [6, 6.07) is 24.9. The fourth-order valence-electron chi connectivity index (χ4n) is 4.69. The highest BCUT2D eigenvalue weighted by Gasteiger charge is 2.41. The summed E-state index contributed by atoms with van der Waals surface area (Å²) in [7, 11) is 1.50. The topological polar surface area (TPSA) is 106 Å². The molecule has 0 fully saturated rings. The lowest BCUT2D eigenvalue weighted by Gasteiger charge is -2.19. The number of hydrogen-bond acceptors (Lipinski definition) is 8. The molecule has 2 aliphatic heterocycles. The van der Waals surface area contributed by atoms with E-state index >= 15 is 0 Å². The predicted molar refractivity (Wildman–Crippen MR) is 165 cm³/mol. The van der Waals surface area contributed by atoms with Gasteiger partial charge in [-0.05, 0) is 80.1 Å². The zero-order valence-electron chi connectivity index (χ0n) is 23.6. The van der Waals surface area contributed by atoms with Gasteiger partial charge < -0.3 is 24.8 Å². The van der Waals surface area contributed by atoms with Gasteiger partial charge in [-0.2, -0.15) is 0 Å². The van der Waals surface area contributed by atoms with E-state index in [0.717, 1.165) is 27.8 Å². The van der Waals surface area contributed by atoms with Crippen LogP contribution in [0.25, 0.3) is 0 Å². The van der Waals surface area contributed by atoms with Crippen molar-refractivity contribution in [2.75, 3.05) is 29.4 Å². The van der Waals surface area contributed by atoms with Gasteiger partial charge in [0.15, 0.2) is 11.5 Å². The maximum absolute atomic E-state index is 13.9. The van der Waals surface area contributed by atoms with E-state index in [4.69, 9.17) is 14.2 Å². The van der Waals surface area contributed by atoms with Crippen molar-refractivity contribution < 1.29 is 28.6 Å². The minimum atomic E-state index is -0.496. The number of imide groups is 1. The molecule has 0 aromatic heterocycles. The average molecular weight is 594 g/mol. The normalized spacial score (nSPS) is 13.9. The van der Waals surface area contributed by atoms with E-state index < -0.39 is 11.8 Å². The molecular formula is C33H27N3O6S. The van der Waals surface area contributed by atoms with E-state index in [2.05, 4.69) is 10.6 Å². The third-order valence-electron chi connectivity index (χ3n) is 6.88. The largest absolute Gasteiger partial charge is 0.495 e. The Morgan fingerprint density at radius 2 is 1.60 bits per heavy atom. The Morgan fingerprint density at radius 1 is 0.837 bits per heavy atom. The number of hydrogen-bond donors (Lipinski definition) is 2. The van der Waals surface area contributed by atoms with Crippen molar-refractivity contribution in [2.45, 2.75) is 18.7 Å². The van der Waals surface area contributed by atoms with Crippen molar-refractivity contribution in [3.8, 4) is 17.2 Å². The summed E-state index contributed by atoms with van der Waals surface area (Å²) in [5.41, 5.74) is 4.05. The number of anilines is 3. The number of methoxy groups -OCH3 is 1. The fourth-order valence-corrected chi connectivity index (χ4v) is 5.67. The number of thioether (sulfide) groups is 1. The molecule has 0 spiro atoms. The smallest absolute Gasteiger partial charge is 0.283 e. The van der Waals surface area contributed by atoms with E-state index in [1.165, 1.54) is 7.11 Å². The lowest BCUT2D eigenvalue weighted by molar-refractivity contribution is -0.120. The first-order valence-corrected chi connectivity index (χ1v) is 14.2. The number of ether oxygens (including phenoxy) is 3. The number of benzene rings is 4. The number of nitrogens with zero attached hydrogens (tertiary/aromatic N) is 1. The summed E-state index contributed by atoms with van der Waals surface area (Å²) in [5.74, 6) is 0.198. The molecule has 0 aliphatic carbocycles. The van der Waals surface area contributed by atoms with Crippen molar-refractivity contribution in [1.29, 1.82) is 0 Å². The van der Waals surface area contributed by atoms with Crippen LogP contribution in [0.15, 0.2) is 100 Å². The van der Waals surface area contributed by atoms with Crippen LogP contribution in [0.2, 0.25) is 0 Å². The van der Waals surface area contributed by atoms with Gasteiger partial charge in [-0.25, -0.2) is 4.90 Å². The van der Waals surface area contributed by atoms with Gasteiger partial charge in [0.05, 0.1) is 12.8 Å². The van der Waals surface area contributed by atoms with Crippen molar-refractivity contribution in [1.82, 2.24) is 0 Å². The highest BCUT2D eigenvalue weighted by molar-refractivity contribution is 8.04. The summed E-state index contributed by atoms with van der Waals surface area (Å²) in [4.78, 5) is 42.8. The number of carbonyl (C=O) groups excluding carboxylic acids is 3. The van der Waals surface area contributed by atoms with Crippen LogP contribution in [-0.4, -0.2) is 31.6 Å². The average Bonchev–Trinajstić information content (AvgIpc) is 3.56. The molecule has 0 unspecified atom stereocenters. The molecule has 0 bridgehead atoms. The van der Waals surface area contributed by atoms with Crippen LogP contribution in [0.1, 0.15) is 21.5 Å². The van der Waals surface area contributed by atoms with Gasteiger partial charge in [0.25, 0.3) is 17.7 Å². The highest BCUT2D eigenvalue weighted by Crippen LogP contribution is 2.41. The van der Waals surface area contributed by atoms with Crippen LogP contribution >= 0.6 is 11.8 Å². The molecule has 43 heavy (non-hydrogen) atoms. The Hall–Kier alpha value is -5.22.